The summed E-state index contributed by atoms with van der Waals surface area (Å²) in [7, 11) is 1.81. The average Bonchev–Trinajstić information content (AvgIpc) is 2.77. The minimum absolute atomic E-state index is 0.246. The fraction of sp³-hybridized carbons (Fsp3) is 0.765. The highest BCUT2D eigenvalue weighted by Crippen LogP contribution is 2.57. The van der Waals surface area contributed by atoms with E-state index in [1.54, 1.807) is 13.8 Å². The molecule has 0 amide bonds. The van der Waals surface area contributed by atoms with Crippen LogP contribution in [0.1, 0.15) is 46.0 Å². The van der Waals surface area contributed by atoms with E-state index in [0.717, 1.165) is 37.7 Å². The Bertz CT molecular complexity index is 451. The lowest BCUT2D eigenvalue weighted by atomic mass is 9.59. The molecular weight excluding hydrogens is 282 g/mol. The van der Waals surface area contributed by atoms with Crippen LogP contribution in [0.25, 0.3) is 0 Å². The molecule has 1 atom stereocenters. The van der Waals surface area contributed by atoms with E-state index < -0.39 is 22.9 Å². The molecule has 0 bridgehead atoms. The maximum atomic E-state index is 12.9. The monoisotopic (exact) mass is 309 g/mol. The fourth-order valence-electron chi connectivity index (χ4n) is 4.25. The molecule has 1 saturated carbocycles. The summed E-state index contributed by atoms with van der Waals surface area (Å²) in [5.41, 5.74) is -0.945. The molecule has 0 aromatic carbocycles. The van der Waals surface area contributed by atoms with Crippen molar-refractivity contribution in [3.63, 3.8) is 0 Å². The number of likely N-dealkylation sites (N-methyl/N-ethyl adjacent to an activating group) is 1. The number of ether oxygens (including phenoxy) is 2. The van der Waals surface area contributed by atoms with E-state index in [9.17, 15) is 9.59 Å². The number of rotatable bonds is 4. The number of esters is 2. The van der Waals surface area contributed by atoms with Crippen LogP contribution in [0.15, 0.2) is 12.2 Å². The fourth-order valence-corrected chi connectivity index (χ4v) is 4.25. The first-order valence-electron chi connectivity index (χ1n) is 8.21. The maximum absolute atomic E-state index is 12.9. The molecule has 1 heterocycles. The molecule has 22 heavy (non-hydrogen) atoms. The average molecular weight is 309 g/mol. The summed E-state index contributed by atoms with van der Waals surface area (Å²) in [5.74, 6) is -0.979. The first-order chi connectivity index (χ1) is 10.5. The van der Waals surface area contributed by atoms with Gasteiger partial charge in [0.25, 0.3) is 0 Å². The van der Waals surface area contributed by atoms with Gasteiger partial charge in [-0.15, -0.1) is 0 Å². The van der Waals surface area contributed by atoms with Gasteiger partial charge in [0.15, 0.2) is 0 Å². The van der Waals surface area contributed by atoms with Crippen molar-refractivity contribution >= 4 is 11.9 Å². The zero-order chi connectivity index (χ0) is 16.4. The van der Waals surface area contributed by atoms with Gasteiger partial charge in [-0.2, -0.15) is 0 Å². The minimum Gasteiger partial charge on any atom is -0.464 e. The Morgan fingerprint density at radius 3 is 2.23 bits per heavy atom. The SMILES string of the molecule is C=C1CCCCC12CCN(C)C2(C(=O)OCC)C(=O)OCC. The van der Waals surface area contributed by atoms with Crippen LogP contribution in [0.3, 0.4) is 0 Å². The molecule has 124 valence electrons. The Morgan fingerprint density at radius 1 is 1.14 bits per heavy atom. The molecule has 0 radical (unpaired) electrons. The normalized spacial score (nSPS) is 27.9. The minimum atomic E-state index is -1.38. The predicted molar refractivity (Wildman–Crippen MR) is 83.3 cm³/mol. The van der Waals surface area contributed by atoms with E-state index >= 15 is 0 Å². The van der Waals surface area contributed by atoms with Crippen molar-refractivity contribution in [1.29, 1.82) is 0 Å². The lowest BCUT2D eigenvalue weighted by Crippen LogP contribution is -2.65. The third kappa shape index (κ3) is 2.18. The van der Waals surface area contributed by atoms with Crippen LogP contribution in [0, 0.1) is 5.41 Å². The Kier molecular flexibility index (Phi) is 4.95. The molecule has 2 rings (SSSR count). The highest BCUT2D eigenvalue weighted by molar-refractivity contribution is 6.07. The lowest BCUT2D eigenvalue weighted by molar-refractivity contribution is -0.179. The van der Waals surface area contributed by atoms with Crippen LogP contribution in [0.4, 0.5) is 0 Å². The third-order valence-corrected chi connectivity index (χ3v) is 5.29. The molecule has 1 spiro atoms. The Hall–Kier alpha value is -1.36. The van der Waals surface area contributed by atoms with Crippen molar-refractivity contribution in [1.82, 2.24) is 4.90 Å². The maximum Gasteiger partial charge on any atom is 0.339 e. The van der Waals surface area contributed by atoms with Crippen molar-refractivity contribution in [3.8, 4) is 0 Å². The van der Waals surface area contributed by atoms with Crippen molar-refractivity contribution < 1.29 is 19.1 Å². The Morgan fingerprint density at radius 2 is 1.73 bits per heavy atom. The largest absolute Gasteiger partial charge is 0.464 e. The molecule has 0 aromatic heterocycles. The van der Waals surface area contributed by atoms with Gasteiger partial charge in [0.1, 0.15) is 0 Å². The quantitative estimate of drug-likeness (QED) is 0.453. The summed E-state index contributed by atoms with van der Waals surface area (Å²) in [4.78, 5) is 27.6. The molecule has 0 aromatic rings. The number of carbonyl (C=O) groups excluding carboxylic acids is 2. The van der Waals surface area contributed by atoms with Crippen LogP contribution in [0.2, 0.25) is 0 Å². The summed E-state index contributed by atoms with van der Waals surface area (Å²) in [6.45, 7) is 8.89. The summed E-state index contributed by atoms with van der Waals surface area (Å²) >= 11 is 0. The Balaban J connectivity index is 2.58. The number of hydrogen-bond donors (Lipinski definition) is 0. The smallest absolute Gasteiger partial charge is 0.339 e. The summed E-state index contributed by atoms with van der Waals surface area (Å²) in [6.07, 6.45) is 4.45. The molecule has 2 aliphatic rings. The molecule has 5 heteroatoms. The van der Waals surface area contributed by atoms with Gasteiger partial charge < -0.3 is 9.47 Å². The highest BCUT2D eigenvalue weighted by atomic mass is 16.6. The molecule has 1 aliphatic heterocycles. The van der Waals surface area contributed by atoms with Crippen LogP contribution in [-0.2, 0) is 19.1 Å². The topological polar surface area (TPSA) is 55.8 Å². The number of nitrogens with zero attached hydrogens (tertiary/aromatic N) is 1. The van der Waals surface area contributed by atoms with E-state index in [0.29, 0.717) is 6.54 Å². The molecule has 1 saturated heterocycles. The van der Waals surface area contributed by atoms with E-state index in [1.165, 1.54) is 0 Å². The highest BCUT2D eigenvalue weighted by Gasteiger charge is 2.70. The molecule has 5 nitrogen and oxygen atoms in total. The summed E-state index contributed by atoms with van der Waals surface area (Å²) < 4.78 is 10.6. The zero-order valence-electron chi connectivity index (χ0n) is 13.9. The van der Waals surface area contributed by atoms with Gasteiger partial charge in [-0.25, -0.2) is 9.59 Å². The predicted octanol–water partition coefficient (Wildman–Crippen LogP) is 2.30. The number of hydrogen-bond acceptors (Lipinski definition) is 5. The first kappa shape index (κ1) is 17.0. The molecular formula is C17H27NO4. The van der Waals surface area contributed by atoms with E-state index in [2.05, 4.69) is 6.58 Å². The summed E-state index contributed by atoms with van der Waals surface area (Å²) in [5, 5.41) is 0. The number of carbonyl (C=O) groups is 2. The van der Waals surface area contributed by atoms with E-state index in [1.807, 2.05) is 11.9 Å². The molecule has 1 unspecified atom stereocenters. The van der Waals surface area contributed by atoms with Gasteiger partial charge in [-0.1, -0.05) is 18.6 Å². The van der Waals surface area contributed by atoms with Crippen LogP contribution in [-0.4, -0.2) is 49.2 Å². The zero-order valence-corrected chi connectivity index (χ0v) is 13.9. The van der Waals surface area contributed by atoms with Gasteiger partial charge in [-0.05, 0) is 46.6 Å². The second-order valence-corrected chi connectivity index (χ2v) is 6.22. The Labute approximate surface area is 132 Å². The number of likely N-dealkylation sites (tertiary alicyclic amines) is 1. The lowest BCUT2D eigenvalue weighted by Gasteiger charge is -2.47. The van der Waals surface area contributed by atoms with Crippen molar-refractivity contribution in [3.05, 3.63) is 12.2 Å². The van der Waals surface area contributed by atoms with Crippen molar-refractivity contribution in [2.45, 2.75) is 51.5 Å². The standard InChI is InChI=1S/C17H27NO4/c1-5-21-14(19)17(15(20)22-6-2)16(11-12-18(17)4)10-8-7-9-13(16)3/h3,5-12H2,1-2,4H3. The summed E-state index contributed by atoms with van der Waals surface area (Å²) in [6, 6.07) is 0. The van der Waals surface area contributed by atoms with Crippen molar-refractivity contribution in [2.75, 3.05) is 26.8 Å². The van der Waals surface area contributed by atoms with Gasteiger partial charge in [-0.3, -0.25) is 4.90 Å². The van der Waals surface area contributed by atoms with Crippen LogP contribution >= 0.6 is 0 Å². The van der Waals surface area contributed by atoms with E-state index in [4.69, 9.17) is 9.47 Å². The molecule has 0 N–H and O–H groups in total. The van der Waals surface area contributed by atoms with Crippen molar-refractivity contribution in [2.24, 2.45) is 5.41 Å². The van der Waals surface area contributed by atoms with Crippen LogP contribution < -0.4 is 0 Å². The van der Waals surface area contributed by atoms with Gasteiger partial charge in [0.05, 0.1) is 13.2 Å². The molecule has 2 fully saturated rings. The molecule has 1 aliphatic carbocycles. The van der Waals surface area contributed by atoms with E-state index in [-0.39, 0.29) is 13.2 Å². The third-order valence-electron chi connectivity index (χ3n) is 5.29. The van der Waals surface area contributed by atoms with Crippen LogP contribution in [0.5, 0.6) is 0 Å². The van der Waals surface area contributed by atoms with Gasteiger partial charge in [0.2, 0.25) is 5.54 Å². The van der Waals surface area contributed by atoms with Gasteiger partial charge >= 0.3 is 11.9 Å². The van der Waals surface area contributed by atoms with Gasteiger partial charge in [0, 0.05) is 12.0 Å². The second kappa shape index (κ2) is 6.41. The first-order valence-corrected chi connectivity index (χ1v) is 8.21. The second-order valence-electron chi connectivity index (χ2n) is 6.22.